The molecule has 2 atom stereocenters. The van der Waals surface area contributed by atoms with Crippen LogP contribution in [0.5, 0.6) is 0 Å². The number of carbonyl (C=O) groups is 2. The van der Waals surface area contributed by atoms with E-state index in [1.165, 1.54) is 0 Å². The molecule has 1 aliphatic rings. The van der Waals surface area contributed by atoms with Gasteiger partial charge in [-0.2, -0.15) is 0 Å². The van der Waals surface area contributed by atoms with Gasteiger partial charge in [0.05, 0.1) is 11.4 Å². The molecule has 1 aliphatic heterocycles. The van der Waals surface area contributed by atoms with E-state index in [2.05, 4.69) is 20.5 Å². The van der Waals surface area contributed by atoms with Crippen LogP contribution in [0.3, 0.4) is 0 Å². The zero-order chi connectivity index (χ0) is 15.4. The number of carboxylic acids is 1. The number of ether oxygens (including phenoxy) is 1. The number of rotatable bonds is 5. The molecule has 1 fully saturated rings. The van der Waals surface area contributed by atoms with Crippen molar-refractivity contribution < 1.29 is 19.4 Å². The van der Waals surface area contributed by atoms with Gasteiger partial charge < -0.3 is 9.84 Å². The minimum Gasteiger partial charge on any atom is -0.479 e. The Kier molecular flexibility index (Phi) is 4.79. The fourth-order valence-corrected chi connectivity index (χ4v) is 2.19. The van der Waals surface area contributed by atoms with Crippen LogP contribution in [0.4, 0.5) is 5.95 Å². The maximum atomic E-state index is 12.0. The first-order valence-corrected chi connectivity index (χ1v) is 6.96. The minimum atomic E-state index is -1.05. The van der Waals surface area contributed by atoms with Gasteiger partial charge in [0.1, 0.15) is 6.10 Å². The van der Waals surface area contributed by atoms with Crippen LogP contribution in [0.25, 0.3) is 0 Å². The van der Waals surface area contributed by atoms with Gasteiger partial charge >= 0.3 is 5.97 Å². The van der Waals surface area contributed by atoms with Crippen LogP contribution in [-0.4, -0.2) is 44.4 Å². The average molecular weight is 294 g/mol. The number of nitrogens with zero attached hydrogens (tertiary/aromatic N) is 3. The molecule has 2 N–H and O–H groups in total. The third kappa shape index (κ3) is 3.52. The van der Waals surface area contributed by atoms with Crippen molar-refractivity contribution in [3.63, 3.8) is 0 Å². The van der Waals surface area contributed by atoms with Crippen molar-refractivity contribution in [1.82, 2.24) is 15.2 Å². The summed E-state index contributed by atoms with van der Waals surface area (Å²) >= 11 is 0. The molecule has 2 rings (SSSR count). The predicted molar refractivity (Wildman–Crippen MR) is 72.7 cm³/mol. The van der Waals surface area contributed by atoms with Gasteiger partial charge in [0.2, 0.25) is 5.95 Å². The highest BCUT2D eigenvalue weighted by Crippen LogP contribution is 2.20. The van der Waals surface area contributed by atoms with Gasteiger partial charge in [-0.3, -0.25) is 10.1 Å². The van der Waals surface area contributed by atoms with Crippen LogP contribution in [0.1, 0.15) is 38.1 Å². The molecule has 0 aromatic carbocycles. The van der Waals surface area contributed by atoms with E-state index in [-0.39, 0.29) is 5.95 Å². The van der Waals surface area contributed by atoms with Crippen molar-refractivity contribution >= 4 is 17.8 Å². The molecule has 2 unspecified atom stereocenters. The standard InChI is InChI=1S/C13H18N4O4/c1-3-7-8(4-2)16-17-13(14-7)15-11(18)9-5-6-10(21-9)12(19)20/h9-10H,3-6H2,1-2H3,(H,19,20)(H,14,15,17,18). The highest BCUT2D eigenvalue weighted by Gasteiger charge is 2.35. The molecule has 1 amide bonds. The summed E-state index contributed by atoms with van der Waals surface area (Å²) in [6.07, 6.45) is 0.399. The number of hydrogen-bond donors (Lipinski definition) is 2. The Hall–Kier alpha value is -2.09. The summed E-state index contributed by atoms with van der Waals surface area (Å²) in [6, 6.07) is 0. The Morgan fingerprint density at radius 1 is 1.19 bits per heavy atom. The first kappa shape index (κ1) is 15.3. The maximum Gasteiger partial charge on any atom is 0.332 e. The van der Waals surface area contributed by atoms with Crippen molar-refractivity contribution in [2.45, 2.75) is 51.7 Å². The lowest BCUT2D eigenvalue weighted by atomic mass is 10.2. The molecule has 0 aliphatic carbocycles. The summed E-state index contributed by atoms with van der Waals surface area (Å²) in [5.41, 5.74) is 1.59. The second kappa shape index (κ2) is 6.57. The molecule has 1 aromatic rings. The Labute approximate surface area is 121 Å². The van der Waals surface area contributed by atoms with Crippen LogP contribution in [-0.2, 0) is 27.2 Å². The Morgan fingerprint density at radius 2 is 1.86 bits per heavy atom. The minimum absolute atomic E-state index is 0.122. The quantitative estimate of drug-likeness (QED) is 0.815. The molecule has 0 bridgehead atoms. The fraction of sp³-hybridized carbons (Fsp3) is 0.615. The fourth-order valence-electron chi connectivity index (χ4n) is 2.19. The molecule has 21 heavy (non-hydrogen) atoms. The van der Waals surface area contributed by atoms with E-state index in [0.717, 1.165) is 17.8 Å². The monoisotopic (exact) mass is 294 g/mol. The summed E-state index contributed by atoms with van der Waals surface area (Å²) in [7, 11) is 0. The maximum absolute atomic E-state index is 12.0. The summed E-state index contributed by atoms with van der Waals surface area (Å²) in [4.78, 5) is 27.0. The second-order valence-corrected chi connectivity index (χ2v) is 4.75. The number of anilines is 1. The number of aromatic nitrogens is 3. The van der Waals surface area contributed by atoms with Crippen molar-refractivity contribution in [2.75, 3.05) is 5.32 Å². The van der Waals surface area contributed by atoms with Crippen LogP contribution >= 0.6 is 0 Å². The normalized spacial score (nSPS) is 21.2. The zero-order valence-electron chi connectivity index (χ0n) is 12.0. The number of hydrogen-bond acceptors (Lipinski definition) is 6. The highest BCUT2D eigenvalue weighted by molar-refractivity contribution is 5.93. The SMILES string of the molecule is CCc1nnc(NC(=O)C2CCC(C(=O)O)O2)nc1CC. The first-order valence-electron chi connectivity index (χ1n) is 6.96. The van der Waals surface area contributed by atoms with Gasteiger partial charge in [-0.25, -0.2) is 9.78 Å². The molecule has 1 saturated heterocycles. The van der Waals surface area contributed by atoms with Crippen molar-refractivity contribution in [1.29, 1.82) is 0 Å². The number of nitrogens with one attached hydrogen (secondary N) is 1. The van der Waals surface area contributed by atoms with Gasteiger partial charge in [0.25, 0.3) is 5.91 Å². The summed E-state index contributed by atoms with van der Waals surface area (Å²) in [6.45, 7) is 3.91. The summed E-state index contributed by atoms with van der Waals surface area (Å²) < 4.78 is 5.17. The molecular weight excluding hydrogens is 276 g/mol. The van der Waals surface area contributed by atoms with E-state index in [1.807, 2.05) is 13.8 Å². The molecule has 0 spiro atoms. The molecule has 1 aromatic heterocycles. The molecule has 0 saturated carbocycles. The van der Waals surface area contributed by atoms with E-state index < -0.39 is 24.1 Å². The van der Waals surface area contributed by atoms with E-state index in [9.17, 15) is 9.59 Å². The van der Waals surface area contributed by atoms with Crippen LogP contribution in [0, 0.1) is 0 Å². The van der Waals surface area contributed by atoms with Crippen LogP contribution < -0.4 is 5.32 Å². The van der Waals surface area contributed by atoms with E-state index in [4.69, 9.17) is 9.84 Å². The molecule has 0 radical (unpaired) electrons. The topological polar surface area (TPSA) is 114 Å². The van der Waals surface area contributed by atoms with Gasteiger partial charge in [-0.05, 0) is 25.7 Å². The first-order chi connectivity index (χ1) is 10.0. The predicted octanol–water partition coefficient (Wildman–Crippen LogP) is 0.567. The van der Waals surface area contributed by atoms with Gasteiger partial charge in [0.15, 0.2) is 6.10 Å². The lowest BCUT2D eigenvalue weighted by Crippen LogP contribution is -2.30. The lowest BCUT2D eigenvalue weighted by Gasteiger charge is -2.11. The van der Waals surface area contributed by atoms with Crippen LogP contribution in [0.15, 0.2) is 0 Å². The van der Waals surface area contributed by atoms with Crippen molar-refractivity contribution in [2.24, 2.45) is 0 Å². The third-order valence-electron chi connectivity index (χ3n) is 3.33. The molecular formula is C13H18N4O4. The molecule has 2 heterocycles. The summed E-state index contributed by atoms with van der Waals surface area (Å²) in [5.74, 6) is -1.37. The number of aryl methyl sites for hydroxylation is 2. The van der Waals surface area contributed by atoms with E-state index >= 15 is 0 Å². The largest absolute Gasteiger partial charge is 0.479 e. The molecule has 8 nitrogen and oxygen atoms in total. The number of carboxylic acid groups (broad SMARTS) is 1. The number of aliphatic carboxylic acids is 1. The second-order valence-electron chi connectivity index (χ2n) is 4.75. The Morgan fingerprint density at radius 3 is 2.43 bits per heavy atom. The van der Waals surface area contributed by atoms with Gasteiger partial charge in [-0.1, -0.05) is 13.8 Å². The molecule has 8 heteroatoms. The van der Waals surface area contributed by atoms with Crippen LogP contribution in [0.2, 0.25) is 0 Å². The van der Waals surface area contributed by atoms with Crippen molar-refractivity contribution in [3.05, 3.63) is 11.4 Å². The number of amides is 1. The zero-order valence-corrected chi connectivity index (χ0v) is 12.0. The number of carbonyl (C=O) groups excluding carboxylic acids is 1. The van der Waals surface area contributed by atoms with Gasteiger partial charge in [-0.15, -0.1) is 10.2 Å². The van der Waals surface area contributed by atoms with Crippen molar-refractivity contribution in [3.8, 4) is 0 Å². The van der Waals surface area contributed by atoms with E-state index in [1.54, 1.807) is 0 Å². The van der Waals surface area contributed by atoms with E-state index in [0.29, 0.717) is 19.3 Å². The highest BCUT2D eigenvalue weighted by atomic mass is 16.5. The average Bonchev–Trinajstić information content (AvgIpc) is 2.97. The third-order valence-corrected chi connectivity index (χ3v) is 3.33. The Bertz CT molecular complexity index is 549. The Balaban J connectivity index is 2.02. The smallest absolute Gasteiger partial charge is 0.332 e. The summed E-state index contributed by atoms with van der Waals surface area (Å²) in [5, 5.41) is 19.3. The lowest BCUT2D eigenvalue weighted by molar-refractivity contribution is -0.150. The molecule has 114 valence electrons. The van der Waals surface area contributed by atoms with Gasteiger partial charge in [0, 0.05) is 0 Å².